The first kappa shape index (κ1) is 21.1. The fourth-order valence-electron chi connectivity index (χ4n) is 3.05. The van der Waals surface area contributed by atoms with Crippen LogP contribution in [0.1, 0.15) is 18.9 Å². The largest absolute Gasteiger partial charge is 0.497 e. The number of carbonyl (C=O) groups excluding carboxylic acids is 1. The van der Waals surface area contributed by atoms with Crippen LogP contribution in [0.5, 0.6) is 0 Å². The molecule has 0 aromatic carbocycles. The molecule has 2 rings (SSSR count). The van der Waals surface area contributed by atoms with Gasteiger partial charge in [-0.15, -0.1) is 9.24 Å². The lowest BCUT2D eigenvalue weighted by Crippen LogP contribution is -2.34. The lowest BCUT2D eigenvalue weighted by molar-refractivity contribution is -0.117. The van der Waals surface area contributed by atoms with Crippen LogP contribution < -0.4 is 10.5 Å². The first-order valence-electron chi connectivity index (χ1n) is 8.85. The highest BCUT2D eigenvalue weighted by molar-refractivity contribution is 7.22. The Balaban J connectivity index is 2.20. The van der Waals surface area contributed by atoms with Crippen molar-refractivity contribution in [1.29, 1.82) is 0 Å². The average Bonchev–Trinajstić information content (AvgIpc) is 2.97. The fourth-order valence-corrected chi connectivity index (χ4v) is 3.22. The van der Waals surface area contributed by atoms with E-state index in [1.807, 2.05) is 38.2 Å². The topological polar surface area (TPSA) is 71.8 Å². The van der Waals surface area contributed by atoms with Gasteiger partial charge in [0.2, 0.25) is 5.91 Å². The van der Waals surface area contributed by atoms with E-state index in [0.29, 0.717) is 18.7 Å². The second-order valence-electron chi connectivity index (χ2n) is 6.58. The molecule has 1 aliphatic rings. The van der Waals surface area contributed by atoms with Gasteiger partial charge in [0.1, 0.15) is 11.4 Å². The van der Waals surface area contributed by atoms with Crippen LogP contribution in [0.4, 0.5) is 5.69 Å². The molecule has 0 bridgehead atoms. The molecule has 1 fully saturated rings. The minimum atomic E-state index is -0.246. The second-order valence-corrected chi connectivity index (χ2v) is 7.50. The van der Waals surface area contributed by atoms with Crippen molar-refractivity contribution in [3.63, 3.8) is 0 Å². The summed E-state index contributed by atoms with van der Waals surface area (Å²) in [4.78, 5) is 26.7. The summed E-state index contributed by atoms with van der Waals surface area (Å²) in [5.41, 5.74) is 0.918. The molecular formula is C20H27N2O4P. The number of rotatable bonds is 7. The standard InChI is InChI=1S/C20H27N2O4P/c1-14-7-8-21(9-10-23)20(25)19(14)22-13-16(12-18(22)24)5-4-6-17(26-3)11-15(2)27/h4-8,11,16,23H,9-10,12-13,27H2,1-3H3/b5-4+,15-11+,17-6+/t16-/m0/s1. The van der Waals surface area contributed by atoms with Gasteiger partial charge in [-0.1, -0.05) is 17.5 Å². The zero-order valence-electron chi connectivity index (χ0n) is 16.0. The maximum absolute atomic E-state index is 12.7. The van der Waals surface area contributed by atoms with Crippen LogP contribution in [0.3, 0.4) is 0 Å². The zero-order chi connectivity index (χ0) is 20.0. The van der Waals surface area contributed by atoms with Crippen molar-refractivity contribution >= 4 is 20.8 Å². The molecule has 1 unspecified atom stereocenters. The number of hydrogen-bond acceptors (Lipinski definition) is 4. The van der Waals surface area contributed by atoms with Crippen molar-refractivity contribution in [2.24, 2.45) is 5.92 Å². The summed E-state index contributed by atoms with van der Waals surface area (Å²) in [6.45, 7) is 4.33. The van der Waals surface area contributed by atoms with Crippen molar-refractivity contribution in [1.82, 2.24) is 4.57 Å². The average molecular weight is 390 g/mol. The third-order valence-corrected chi connectivity index (χ3v) is 4.52. The predicted octanol–water partition coefficient (Wildman–Crippen LogP) is 2.37. The number of pyridine rings is 1. The SMILES string of the molecule is COC(/C=C(\C)P)=C/C=C/[C@H]1CC(=O)N(c2c(C)ccn(CCO)c2=O)C1. The molecule has 1 amide bonds. The van der Waals surface area contributed by atoms with Gasteiger partial charge >= 0.3 is 0 Å². The Morgan fingerprint density at radius 3 is 2.81 bits per heavy atom. The molecule has 1 aromatic rings. The Morgan fingerprint density at radius 2 is 2.19 bits per heavy atom. The van der Waals surface area contributed by atoms with Gasteiger partial charge in [-0.2, -0.15) is 0 Å². The maximum atomic E-state index is 12.7. The van der Waals surface area contributed by atoms with Crippen LogP contribution >= 0.6 is 9.24 Å². The van der Waals surface area contributed by atoms with Crippen LogP contribution in [0.2, 0.25) is 0 Å². The Hall–Kier alpha value is -2.17. The highest BCUT2D eigenvalue weighted by atomic mass is 31.0. The summed E-state index contributed by atoms with van der Waals surface area (Å²) in [5.74, 6) is 0.687. The smallest absolute Gasteiger partial charge is 0.274 e. The molecule has 1 aromatic heterocycles. The summed E-state index contributed by atoms with van der Waals surface area (Å²) < 4.78 is 6.72. The number of aromatic nitrogens is 1. The minimum Gasteiger partial charge on any atom is -0.497 e. The van der Waals surface area contributed by atoms with Gasteiger partial charge in [-0.05, 0) is 37.6 Å². The lowest BCUT2D eigenvalue weighted by Gasteiger charge is -2.19. The molecule has 0 saturated carbocycles. The first-order chi connectivity index (χ1) is 12.9. The Morgan fingerprint density at radius 1 is 1.44 bits per heavy atom. The van der Waals surface area contributed by atoms with Crippen LogP contribution in [0, 0.1) is 12.8 Å². The molecule has 1 saturated heterocycles. The zero-order valence-corrected chi connectivity index (χ0v) is 17.2. The predicted molar refractivity (Wildman–Crippen MR) is 111 cm³/mol. The summed E-state index contributed by atoms with van der Waals surface area (Å²) in [5, 5.41) is 10.2. The van der Waals surface area contributed by atoms with E-state index in [1.165, 1.54) is 4.57 Å². The van der Waals surface area contributed by atoms with E-state index >= 15 is 0 Å². The highest BCUT2D eigenvalue weighted by Gasteiger charge is 2.31. The number of hydrogen-bond donors (Lipinski definition) is 1. The van der Waals surface area contributed by atoms with Crippen LogP contribution in [-0.4, -0.2) is 35.8 Å². The maximum Gasteiger partial charge on any atom is 0.274 e. The van der Waals surface area contributed by atoms with Crippen molar-refractivity contribution in [3.05, 3.63) is 63.6 Å². The number of amides is 1. The highest BCUT2D eigenvalue weighted by Crippen LogP contribution is 2.26. The quantitative estimate of drug-likeness (QED) is 0.441. The Labute approximate surface area is 162 Å². The van der Waals surface area contributed by atoms with Gasteiger partial charge in [0.15, 0.2) is 0 Å². The van der Waals surface area contributed by atoms with Crippen LogP contribution in [-0.2, 0) is 16.1 Å². The van der Waals surface area contributed by atoms with Crippen molar-refractivity contribution in [2.45, 2.75) is 26.8 Å². The molecule has 0 aliphatic carbocycles. The molecule has 2 heterocycles. The first-order valence-corrected chi connectivity index (χ1v) is 9.42. The molecule has 146 valence electrons. The van der Waals surface area contributed by atoms with E-state index in [4.69, 9.17) is 9.84 Å². The van der Waals surface area contributed by atoms with Gasteiger partial charge in [-0.25, -0.2) is 0 Å². The molecule has 6 nitrogen and oxygen atoms in total. The van der Waals surface area contributed by atoms with Gasteiger partial charge in [0.25, 0.3) is 5.56 Å². The number of methoxy groups -OCH3 is 1. The van der Waals surface area contributed by atoms with Gasteiger partial charge in [0, 0.05) is 31.6 Å². The van der Waals surface area contributed by atoms with E-state index in [2.05, 4.69) is 9.24 Å². The Bertz CT molecular complexity index is 835. The van der Waals surface area contributed by atoms with Crippen LogP contribution in [0.25, 0.3) is 0 Å². The van der Waals surface area contributed by atoms with E-state index < -0.39 is 0 Å². The van der Waals surface area contributed by atoms with Crippen LogP contribution in [0.15, 0.2) is 52.4 Å². The van der Waals surface area contributed by atoms with Crippen molar-refractivity contribution in [2.75, 3.05) is 25.2 Å². The molecule has 2 atom stereocenters. The Kier molecular flexibility index (Phi) is 7.57. The number of ether oxygens (including phenoxy) is 1. The van der Waals surface area contributed by atoms with E-state index in [1.54, 1.807) is 24.3 Å². The van der Waals surface area contributed by atoms with Crippen molar-refractivity contribution in [3.8, 4) is 0 Å². The summed E-state index contributed by atoms with van der Waals surface area (Å²) >= 11 is 0. The fraction of sp³-hybridized carbons (Fsp3) is 0.400. The van der Waals surface area contributed by atoms with E-state index in [9.17, 15) is 9.59 Å². The normalized spacial score (nSPS) is 18.6. The third kappa shape index (κ3) is 5.41. The van der Waals surface area contributed by atoms with Gasteiger partial charge in [0.05, 0.1) is 13.7 Å². The number of carbonyl (C=O) groups is 1. The van der Waals surface area contributed by atoms with Gasteiger partial charge in [-0.3, -0.25) is 9.59 Å². The second kappa shape index (κ2) is 9.67. The van der Waals surface area contributed by atoms with Gasteiger partial charge < -0.3 is 19.3 Å². The summed E-state index contributed by atoms with van der Waals surface area (Å²) in [7, 11) is 4.22. The molecule has 1 aliphatic heterocycles. The number of allylic oxidation sites excluding steroid dienone is 4. The molecule has 0 radical (unpaired) electrons. The number of nitrogens with zero attached hydrogens (tertiary/aromatic N) is 2. The van der Waals surface area contributed by atoms with E-state index in [-0.39, 0.29) is 30.5 Å². The number of anilines is 1. The molecule has 1 N–H and O–H groups in total. The molecule has 27 heavy (non-hydrogen) atoms. The number of aliphatic hydroxyl groups is 1. The number of aryl methyl sites for hydroxylation is 1. The molecule has 7 heteroatoms. The summed E-state index contributed by atoms with van der Waals surface area (Å²) in [6.07, 6.45) is 9.60. The minimum absolute atomic E-state index is 0.0261. The monoisotopic (exact) mass is 390 g/mol. The summed E-state index contributed by atoms with van der Waals surface area (Å²) in [6, 6.07) is 1.80. The lowest BCUT2D eigenvalue weighted by atomic mass is 10.1. The number of aliphatic hydroxyl groups excluding tert-OH is 1. The van der Waals surface area contributed by atoms with Crippen molar-refractivity contribution < 1.29 is 14.6 Å². The third-order valence-electron chi connectivity index (χ3n) is 4.36. The molecular weight excluding hydrogens is 363 g/mol. The molecule has 0 spiro atoms. The van der Waals surface area contributed by atoms with E-state index in [0.717, 1.165) is 16.6 Å².